The van der Waals surface area contributed by atoms with Crippen molar-refractivity contribution in [1.29, 1.82) is 0 Å². The number of nitrogens with one attached hydrogen (secondary N) is 2. The summed E-state index contributed by atoms with van der Waals surface area (Å²) in [4.78, 5) is 28.2. The Kier molecular flexibility index (Phi) is 6.86. The zero-order valence-electron chi connectivity index (χ0n) is 15.1. The molecule has 2 rings (SSSR count). The molecule has 0 saturated carbocycles. The van der Waals surface area contributed by atoms with Gasteiger partial charge < -0.3 is 14.5 Å². The monoisotopic (exact) mass is 346 g/mol. The van der Waals surface area contributed by atoms with Gasteiger partial charge in [-0.05, 0) is 38.0 Å². The molecule has 0 saturated heterocycles. The second kappa shape index (κ2) is 9.11. The maximum atomic E-state index is 12.0. The van der Waals surface area contributed by atoms with Crippen LogP contribution in [0.25, 0.3) is 0 Å². The number of aromatic nitrogens is 2. The quantitative estimate of drug-likeness (QED) is 0.684. The Morgan fingerprint density at radius 2 is 1.80 bits per heavy atom. The summed E-state index contributed by atoms with van der Waals surface area (Å²) in [7, 11) is 0. The highest BCUT2D eigenvalue weighted by atomic mass is 16.5. The summed E-state index contributed by atoms with van der Waals surface area (Å²) in [6.07, 6.45) is 3.70. The van der Waals surface area contributed by atoms with E-state index in [-0.39, 0.29) is 5.56 Å². The standard InChI is InChI=1S/C19H26N2O4/c1-4-6-7-10-25-16-9-8-14(12-17(16)24-5-2)11-15-13(3)20-19(23)21-18(15)22/h8-9,12H,4-7,10-11H2,1-3H3,(H2,20,21,22,23). The van der Waals surface area contributed by atoms with Gasteiger partial charge >= 0.3 is 5.69 Å². The lowest BCUT2D eigenvalue weighted by atomic mass is 10.0. The number of H-pyrrole nitrogens is 2. The lowest BCUT2D eigenvalue weighted by molar-refractivity contribution is 0.271. The summed E-state index contributed by atoms with van der Waals surface area (Å²) in [5.74, 6) is 1.39. The van der Waals surface area contributed by atoms with Gasteiger partial charge in [0.05, 0.1) is 13.2 Å². The van der Waals surface area contributed by atoms with E-state index in [1.807, 2.05) is 25.1 Å². The maximum Gasteiger partial charge on any atom is 0.325 e. The molecule has 0 fully saturated rings. The average molecular weight is 346 g/mol. The van der Waals surface area contributed by atoms with Gasteiger partial charge in [0.2, 0.25) is 0 Å². The Balaban J connectivity index is 2.21. The zero-order valence-corrected chi connectivity index (χ0v) is 15.1. The van der Waals surface area contributed by atoms with Crippen molar-refractivity contribution in [3.8, 4) is 11.5 Å². The number of aryl methyl sites for hydroxylation is 1. The zero-order chi connectivity index (χ0) is 18.2. The van der Waals surface area contributed by atoms with Gasteiger partial charge in [-0.2, -0.15) is 0 Å². The third-order valence-corrected chi connectivity index (χ3v) is 3.95. The van der Waals surface area contributed by atoms with Crippen molar-refractivity contribution in [2.45, 2.75) is 46.5 Å². The Labute approximate surface area is 147 Å². The summed E-state index contributed by atoms with van der Waals surface area (Å²) in [5, 5.41) is 0. The smallest absolute Gasteiger partial charge is 0.325 e. The molecular weight excluding hydrogens is 320 g/mol. The molecule has 0 aliphatic rings. The molecule has 2 aromatic rings. The Bertz CT molecular complexity index is 808. The summed E-state index contributed by atoms with van der Waals surface area (Å²) in [6, 6.07) is 5.69. The van der Waals surface area contributed by atoms with E-state index in [1.165, 1.54) is 0 Å². The van der Waals surface area contributed by atoms with E-state index < -0.39 is 5.69 Å². The molecule has 0 spiro atoms. The van der Waals surface area contributed by atoms with Crippen LogP contribution in [0.15, 0.2) is 27.8 Å². The van der Waals surface area contributed by atoms with Crippen LogP contribution >= 0.6 is 0 Å². The fourth-order valence-corrected chi connectivity index (χ4v) is 2.63. The van der Waals surface area contributed by atoms with Crippen LogP contribution in [0.2, 0.25) is 0 Å². The average Bonchev–Trinajstić information content (AvgIpc) is 2.56. The number of hydrogen-bond acceptors (Lipinski definition) is 4. The largest absolute Gasteiger partial charge is 0.490 e. The topological polar surface area (TPSA) is 84.2 Å². The van der Waals surface area contributed by atoms with Crippen LogP contribution in [0.1, 0.15) is 49.9 Å². The van der Waals surface area contributed by atoms with Gasteiger partial charge in [-0.3, -0.25) is 9.78 Å². The first-order valence-electron chi connectivity index (χ1n) is 8.75. The third kappa shape index (κ3) is 5.24. The van der Waals surface area contributed by atoms with Crippen LogP contribution in [0.3, 0.4) is 0 Å². The molecule has 0 radical (unpaired) electrons. The Hall–Kier alpha value is -2.50. The molecule has 25 heavy (non-hydrogen) atoms. The predicted octanol–water partition coefficient (Wildman–Crippen LogP) is 2.93. The van der Waals surface area contributed by atoms with Crippen LogP contribution in [0, 0.1) is 6.92 Å². The first-order chi connectivity index (χ1) is 12.0. The highest BCUT2D eigenvalue weighted by Gasteiger charge is 2.11. The Morgan fingerprint density at radius 1 is 1.00 bits per heavy atom. The molecule has 0 amide bonds. The van der Waals surface area contributed by atoms with E-state index in [0.717, 1.165) is 24.8 Å². The van der Waals surface area contributed by atoms with E-state index in [9.17, 15) is 9.59 Å². The van der Waals surface area contributed by atoms with Crippen LogP contribution in [0.4, 0.5) is 0 Å². The number of ether oxygens (including phenoxy) is 2. The van der Waals surface area contributed by atoms with Crippen molar-refractivity contribution in [3.05, 3.63) is 55.9 Å². The molecule has 0 aliphatic carbocycles. The summed E-state index contributed by atoms with van der Waals surface area (Å²) in [5.41, 5.74) is 1.19. The highest BCUT2D eigenvalue weighted by Crippen LogP contribution is 2.29. The molecule has 1 aromatic heterocycles. The number of hydrogen-bond donors (Lipinski definition) is 2. The summed E-state index contributed by atoms with van der Waals surface area (Å²) in [6.45, 7) is 6.99. The Morgan fingerprint density at radius 3 is 2.48 bits per heavy atom. The second-order valence-electron chi connectivity index (χ2n) is 5.96. The normalized spacial score (nSPS) is 10.7. The minimum Gasteiger partial charge on any atom is -0.490 e. The van der Waals surface area contributed by atoms with E-state index in [4.69, 9.17) is 9.47 Å². The van der Waals surface area contributed by atoms with Crippen LogP contribution < -0.4 is 20.7 Å². The minimum absolute atomic E-state index is 0.362. The van der Waals surface area contributed by atoms with Crippen LogP contribution in [0.5, 0.6) is 11.5 Å². The van der Waals surface area contributed by atoms with E-state index in [0.29, 0.717) is 42.4 Å². The predicted molar refractivity (Wildman–Crippen MR) is 97.9 cm³/mol. The van der Waals surface area contributed by atoms with Crippen molar-refractivity contribution in [1.82, 2.24) is 9.97 Å². The number of rotatable bonds is 9. The SMILES string of the molecule is CCCCCOc1ccc(Cc2c(C)[nH]c(=O)[nH]c2=O)cc1OCC. The van der Waals surface area contributed by atoms with Gasteiger partial charge in [0.1, 0.15) is 0 Å². The van der Waals surface area contributed by atoms with Gasteiger partial charge in [0, 0.05) is 17.7 Å². The molecule has 0 bridgehead atoms. The first kappa shape index (κ1) is 18.8. The van der Waals surface area contributed by atoms with Gasteiger partial charge in [0.15, 0.2) is 11.5 Å². The molecule has 0 unspecified atom stereocenters. The molecular formula is C19H26N2O4. The molecule has 0 aliphatic heterocycles. The van der Waals surface area contributed by atoms with Gasteiger partial charge in [-0.15, -0.1) is 0 Å². The third-order valence-electron chi connectivity index (χ3n) is 3.95. The van der Waals surface area contributed by atoms with Gasteiger partial charge in [0.25, 0.3) is 5.56 Å². The minimum atomic E-state index is -0.489. The molecule has 0 atom stereocenters. The van der Waals surface area contributed by atoms with Crippen molar-refractivity contribution >= 4 is 0 Å². The molecule has 6 heteroatoms. The van der Waals surface area contributed by atoms with E-state index in [1.54, 1.807) is 6.92 Å². The van der Waals surface area contributed by atoms with Gasteiger partial charge in [-0.1, -0.05) is 25.8 Å². The molecule has 136 valence electrons. The van der Waals surface area contributed by atoms with E-state index in [2.05, 4.69) is 16.9 Å². The molecule has 1 aromatic carbocycles. The number of unbranched alkanes of at least 4 members (excludes halogenated alkanes) is 2. The maximum absolute atomic E-state index is 12.0. The summed E-state index contributed by atoms with van der Waals surface area (Å²) >= 11 is 0. The van der Waals surface area contributed by atoms with Crippen LogP contribution in [-0.4, -0.2) is 23.2 Å². The number of aromatic amines is 2. The van der Waals surface area contributed by atoms with Crippen molar-refractivity contribution in [2.75, 3.05) is 13.2 Å². The first-order valence-corrected chi connectivity index (χ1v) is 8.75. The summed E-state index contributed by atoms with van der Waals surface area (Å²) < 4.78 is 11.5. The fourth-order valence-electron chi connectivity index (χ4n) is 2.63. The molecule has 2 N–H and O–H groups in total. The number of benzene rings is 1. The van der Waals surface area contributed by atoms with E-state index >= 15 is 0 Å². The van der Waals surface area contributed by atoms with Crippen molar-refractivity contribution in [3.63, 3.8) is 0 Å². The molecule has 6 nitrogen and oxygen atoms in total. The van der Waals surface area contributed by atoms with Gasteiger partial charge in [-0.25, -0.2) is 4.79 Å². The molecule has 1 heterocycles. The van der Waals surface area contributed by atoms with Crippen LogP contribution in [-0.2, 0) is 6.42 Å². The second-order valence-corrected chi connectivity index (χ2v) is 5.96. The lowest BCUT2D eigenvalue weighted by Crippen LogP contribution is -2.27. The van der Waals surface area contributed by atoms with Crippen molar-refractivity contribution < 1.29 is 9.47 Å². The van der Waals surface area contributed by atoms with Crippen molar-refractivity contribution in [2.24, 2.45) is 0 Å². The lowest BCUT2D eigenvalue weighted by Gasteiger charge is -2.13. The highest BCUT2D eigenvalue weighted by molar-refractivity contribution is 5.44. The fraction of sp³-hybridized carbons (Fsp3) is 0.474.